The Kier molecular flexibility index (Phi) is 3.91. The van der Waals surface area contributed by atoms with Crippen molar-refractivity contribution in [3.63, 3.8) is 0 Å². The average Bonchev–Trinajstić information content (AvgIpc) is 3.03. The number of fused-ring (bicyclic) bond motifs is 1. The third-order valence-electron chi connectivity index (χ3n) is 4.86. The summed E-state index contributed by atoms with van der Waals surface area (Å²) in [5, 5.41) is 7.85. The fourth-order valence-electron chi connectivity index (χ4n) is 3.24. The molecule has 0 radical (unpaired) electrons. The van der Waals surface area contributed by atoms with Crippen molar-refractivity contribution in [1.29, 1.82) is 0 Å². The molecule has 4 rings (SSSR count). The van der Waals surface area contributed by atoms with Crippen LogP contribution in [0.25, 0.3) is 22.3 Å². The molecule has 1 fully saturated rings. The zero-order valence-corrected chi connectivity index (χ0v) is 14.5. The van der Waals surface area contributed by atoms with Gasteiger partial charge >= 0.3 is 0 Å². The summed E-state index contributed by atoms with van der Waals surface area (Å²) in [7, 11) is 1.65. The Morgan fingerprint density at radius 3 is 2.56 bits per heavy atom. The second kappa shape index (κ2) is 6.23. The van der Waals surface area contributed by atoms with E-state index < -0.39 is 0 Å². The SMILES string of the molecule is COc1ccc(-c2nc(N3CCC(C)CC3)nc3n[nH]c(N)c23)cc1. The first kappa shape index (κ1) is 15.7. The van der Waals surface area contributed by atoms with Gasteiger partial charge in [0.2, 0.25) is 5.95 Å². The lowest BCUT2D eigenvalue weighted by Gasteiger charge is -2.30. The second-order valence-electron chi connectivity index (χ2n) is 6.61. The molecule has 130 valence electrons. The van der Waals surface area contributed by atoms with Gasteiger partial charge < -0.3 is 15.4 Å². The van der Waals surface area contributed by atoms with Gasteiger partial charge in [-0.15, -0.1) is 0 Å². The standard InChI is InChI=1S/C18H22N6O/c1-11-7-9-24(10-8-11)18-20-15(12-3-5-13(25-2)6-4-12)14-16(19)22-23-17(14)21-18/h3-6,11H,7-10H2,1-2H3,(H3,19,20,21,22,23). The molecular formula is C18H22N6O. The maximum Gasteiger partial charge on any atom is 0.228 e. The largest absolute Gasteiger partial charge is 0.497 e. The molecule has 25 heavy (non-hydrogen) atoms. The van der Waals surface area contributed by atoms with Crippen molar-refractivity contribution >= 4 is 22.8 Å². The van der Waals surface area contributed by atoms with Crippen molar-refractivity contribution in [2.24, 2.45) is 5.92 Å². The maximum atomic E-state index is 6.08. The van der Waals surface area contributed by atoms with Crippen LogP contribution in [0, 0.1) is 5.92 Å². The van der Waals surface area contributed by atoms with Crippen molar-refractivity contribution in [2.45, 2.75) is 19.8 Å². The van der Waals surface area contributed by atoms with Crippen LogP contribution in [0.4, 0.5) is 11.8 Å². The molecule has 7 nitrogen and oxygen atoms in total. The zero-order valence-electron chi connectivity index (χ0n) is 14.5. The topological polar surface area (TPSA) is 93.0 Å². The lowest BCUT2D eigenvalue weighted by atomic mass is 9.99. The fraction of sp³-hybridized carbons (Fsp3) is 0.389. The van der Waals surface area contributed by atoms with Crippen molar-refractivity contribution < 1.29 is 4.74 Å². The lowest BCUT2D eigenvalue weighted by molar-refractivity contribution is 0.415. The Bertz CT molecular complexity index is 880. The Balaban J connectivity index is 1.81. The summed E-state index contributed by atoms with van der Waals surface area (Å²) in [6, 6.07) is 7.80. The maximum absolute atomic E-state index is 6.08. The quantitative estimate of drug-likeness (QED) is 0.763. The van der Waals surface area contributed by atoms with E-state index in [1.54, 1.807) is 7.11 Å². The zero-order chi connectivity index (χ0) is 17.4. The molecule has 3 aromatic rings. The highest BCUT2D eigenvalue weighted by molar-refractivity contribution is 5.98. The van der Waals surface area contributed by atoms with Crippen molar-refractivity contribution in [3.8, 4) is 17.0 Å². The number of nitrogens with two attached hydrogens (primary N) is 1. The van der Waals surface area contributed by atoms with Crippen LogP contribution in [0.1, 0.15) is 19.8 Å². The van der Waals surface area contributed by atoms with E-state index in [1.807, 2.05) is 24.3 Å². The molecule has 3 heterocycles. The molecule has 0 atom stereocenters. The molecule has 1 aromatic carbocycles. The van der Waals surface area contributed by atoms with Crippen molar-refractivity contribution in [1.82, 2.24) is 20.2 Å². The van der Waals surface area contributed by atoms with Gasteiger partial charge in [-0.25, -0.2) is 4.98 Å². The van der Waals surface area contributed by atoms with E-state index >= 15 is 0 Å². The highest BCUT2D eigenvalue weighted by Crippen LogP contribution is 2.32. The van der Waals surface area contributed by atoms with Gasteiger partial charge in [0, 0.05) is 18.7 Å². The highest BCUT2D eigenvalue weighted by atomic mass is 16.5. The van der Waals surface area contributed by atoms with Crippen LogP contribution in [0.2, 0.25) is 0 Å². The molecule has 2 aromatic heterocycles. The minimum atomic E-state index is 0.486. The first-order valence-electron chi connectivity index (χ1n) is 8.56. The van der Waals surface area contributed by atoms with Crippen LogP contribution in [0.15, 0.2) is 24.3 Å². The van der Waals surface area contributed by atoms with E-state index in [1.165, 1.54) is 0 Å². The molecule has 0 spiro atoms. The van der Waals surface area contributed by atoms with Gasteiger partial charge in [-0.1, -0.05) is 6.92 Å². The molecule has 7 heteroatoms. The number of aromatic amines is 1. The van der Waals surface area contributed by atoms with E-state index in [2.05, 4.69) is 27.0 Å². The highest BCUT2D eigenvalue weighted by Gasteiger charge is 2.22. The van der Waals surface area contributed by atoms with E-state index in [9.17, 15) is 0 Å². The first-order valence-corrected chi connectivity index (χ1v) is 8.56. The summed E-state index contributed by atoms with van der Waals surface area (Å²) in [5.74, 6) is 2.76. The number of aromatic nitrogens is 4. The smallest absolute Gasteiger partial charge is 0.228 e. The molecule has 0 aliphatic carbocycles. The number of ether oxygens (including phenoxy) is 1. The number of hydrogen-bond acceptors (Lipinski definition) is 6. The third-order valence-corrected chi connectivity index (χ3v) is 4.86. The van der Waals surface area contributed by atoms with Gasteiger partial charge in [0.05, 0.1) is 18.2 Å². The fourth-order valence-corrected chi connectivity index (χ4v) is 3.24. The number of hydrogen-bond donors (Lipinski definition) is 2. The Morgan fingerprint density at radius 1 is 1.16 bits per heavy atom. The van der Waals surface area contributed by atoms with Gasteiger partial charge in [0.1, 0.15) is 11.6 Å². The molecule has 0 saturated carbocycles. The molecule has 3 N–H and O–H groups in total. The third kappa shape index (κ3) is 2.86. The summed E-state index contributed by atoms with van der Waals surface area (Å²) in [6.07, 6.45) is 2.31. The number of nitrogens with zero attached hydrogens (tertiary/aromatic N) is 4. The molecule has 1 aliphatic rings. The average molecular weight is 338 g/mol. The summed E-state index contributed by atoms with van der Waals surface area (Å²) >= 11 is 0. The molecule has 1 aliphatic heterocycles. The first-order chi connectivity index (χ1) is 12.2. The Morgan fingerprint density at radius 2 is 1.88 bits per heavy atom. The van der Waals surface area contributed by atoms with Crippen molar-refractivity contribution in [3.05, 3.63) is 24.3 Å². The number of benzene rings is 1. The van der Waals surface area contributed by atoms with E-state index in [4.69, 9.17) is 15.5 Å². The van der Waals surface area contributed by atoms with Crippen LogP contribution in [0.3, 0.4) is 0 Å². The number of H-pyrrole nitrogens is 1. The van der Waals surface area contributed by atoms with Gasteiger partial charge in [0.25, 0.3) is 0 Å². The van der Waals surface area contributed by atoms with E-state index in [-0.39, 0.29) is 0 Å². The molecule has 0 amide bonds. The molecular weight excluding hydrogens is 316 g/mol. The Hall–Kier alpha value is -2.83. The normalized spacial score (nSPS) is 15.7. The minimum Gasteiger partial charge on any atom is -0.497 e. The number of methoxy groups -OCH3 is 1. The van der Waals surface area contributed by atoms with Crippen LogP contribution in [-0.2, 0) is 0 Å². The van der Waals surface area contributed by atoms with E-state index in [0.717, 1.165) is 60.2 Å². The van der Waals surface area contributed by atoms with Gasteiger partial charge in [0.15, 0.2) is 5.65 Å². The lowest BCUT2D eigenvalue weighted by Crippen LogP contribution is -2.34. The second-order valence-corrected chi connectivity index (χ2v) is 6.61. The number of rotatable bonds is 3. The van der Waals surface area contributed by atoms with Crippen LogP contribution >= 0.6 is 0 Å². The number of nitrogens with one attached hydrogen (secondary N) is 1. The summed E-state index contributed by atoms with van der Waals surface area (Å²) < 4.78 is 5.25. The van der Waals surface area contributed by atoms with Crippen LogP contribution in [-0.4, -0.2) is 40.4 Å². The summed E-state index contributed by atoms with van der Waals surface area (Å²) in [6.45, 7) is 4.22. The number of nitrogen functional groups attached to an aromatic ring is 1. The molecule has 1 saturated heterocycles. The van der Waals surface area contributed by atoms with Gasteiger partial charge in [-0.2, -0.15) is 10.1 Å². The van der Waals surface area contributed by atoms with Crippen molar-refractivity contribution in [2.75, 3.05) is 30.8 Å². The van der Waals surface area contributed by atoms with Gasteiger partial charge in [-0.05, 0) is 43.0 Å². The summed E-state index contributed by atoms with van der Waals surface area (Å²) in [5.41, 5.74) is 8.45. The number of anilines is 2. The Labute approximate surface area is 146 Å². The number of piperidine rings is 1. The van der Waals surface area contributed by atoms with Gasteiger partial charge in [-0.3, -0.25) is 5.10 Å². The summed E-state index contributed by atoms with van der Waals surface area (Å²) in [4.78, 5) is 11.7. The predicted octanol–water partition coefficient (Wildman–Crippen LogP) is 2.85. The van der Waals surface area contributed by atoms with Crippen LogP contribution in [0.5, 0.6) is 5.75 Å². The molecule has 0 bridgehead atoms. The van der Waals surface area contributed by atoms with Crippen LogP contribution < -0.4 is 15.4 Å². The van der Waals surface area contributed by atoms with E-state index in [0.29, 0.717) is 11.5 Å². The predicted molar refractivity (Wildman–Crippen MR) is 98.7 cm³/mol. The monoisotopic (exact) mass is 338 g/mol. The molecule has 0 unspecified atom stereocenters. The minimum absolute atomic E-state index is 0.486.